The Balaban J connectivity index is 3.57. The number of ether oxygens (including phenoxy) is 1. The van der Waals surface area contributed by atoms with Crippen LogP contribution in [0.4, 0.5) is 4.39 Å². The quantitative estimate of drug-likeness (QED) is 0.566. The van der Waals surface area contributed by atoms with Crippen LogP contribution in [0.5, 0.6) is 0 Å². The van der Waals surface area contributed by atoms with Crippen LogP contribution in [0.3, 0.4) is 0 Å². The number of halogens is 1. The first-order valence-electron chi connectivity index (χ1n) is 4.05. The van der Waals surface area contributed by atoms with Crippen molar-refractivity contribution in [2.45, 2.75) is 16.5 Å². The maximum Gasteiger partial charge on any atom is 0.222 e. The topological polar surface area (TPSA) is 9.23 Å². The summed E-state index contributed by atoms with van der Waals surface area (Å²) in [5, 5.41) is 0.658. The molecule has 0 aromatic carbocycles. The van der Waals surface area contributed by atoms with Crippen molar-refractivity contribution in [2.75, 3.05) is 13.7 Å². The molecule has 0 aliphatic heterocycles. The maximum absolute atomic E-state index is 12.7. The second-order valence-electron chi connectivity index (χ2n) is 2.73. The second-order valence-corrected chi connectivity index (χ2v) is 4.92. The average molecular weight is 188 g/mol. The summed E-state index contributed by atoms with van der Waals surface area (Å²) >= 11 is 1.95. The van der Waals surface area contributed by atoms with Crippen molar-refractivity contribution in [3.05, 3.63) is 11.9 Å². The SMILES string of the molecule is COCC[CH]([AlH2])/C=C(\F)[CH2][AlH2]. The Morgan fingerprint density at radius 2 is 2.36 bits per heavy atom. The van der Waals surface area contributed by atoms with Gasteiger partial charge in [0, 0.05) is 13.7 Å². The maximum atomic E-state index is 12.7. The fourth-order valence-corrected chi connectivity index (χ4v) is 1.65. The molecule has 0 aliphatic rings. The van der Waals surface area contributed by atoms with E-state index in [1.807, 2.05) is 0 Å². The lowest BCUT2D eigenvalue weighted by Crippen LogP contribution is -1.95. The van der Waals surface area contributed by atoms with Crippen LogP contribution in [0.2, 0.25) is 10.1 Å². The van der Waals surface area contributed by atoms with E-state index in [4.69, 9.17) is 4.74 Å². The summed E-state index contributed by atoms with van der Waals surface area (Å²) in [4.78, 5) is 0. The van der Waals surface area contributed by atoms with E-state index in [0.29, 0.717) is 10.1 Å². The molecular weight excluding hydrogens is 173 g/mol. The highest BCUT2D eigenvalue weighted by Gasteiger charge is 1.99. The fourth-order valence-electron chi connectivity index (χ4n) is 0.814. The molecule has 0 rings (SSSR count). The number of hydrogen-bond donors (Lipinski definition) is 0. The third-order valence-electron chi connectivity index (χ3n) is 1.58. The monoisotopic (exact) mass is 188 g/mol. The Kier molecular flexibility index (Phi) is 7.81. The van der Waals surface area contributed by atoms with Gasteiger partial charge in [-0.05, 0) is 6.42 Å². The number of methoxy groups -OCH3 is 1. The van der Waals surface area contributed by atoms with Crippen LogP contribution in [-0.4, -0.2) is 46.3 Å². The first-order valence-corrected chi connectivity index (χ1v) is 6.62. The van der Waals surface area contributed by atoms with Gasteiger partial charge in [-0.2, -0.15) is 0 Å². The van der Waals surface area contributed by atoms with Gasteiger partial charge >= 0.3 is 0 Å². The summed E-state index contributed by atoms with van der Waals surface area (Å²) in [5.41, 5.74) is 0. The molecule has 0 saturated heterocycles. The van der Waals surface area contributed by atoms with E-state index >= 15 is 0 Å². The lowest BCUT2D eigenvalue weighted by Gasteiger charge is -2.04. The van der Waals surface area contributed by atoms with Crippen LogP contribution in [0, 0.1) is 0 Å². The van der Waals surface area contributed by atoms with Crippen LogP contribution in [0.1, 0.15) is 6.42 Å². The van der Waals surface area contributed by atoms with E-state index in [1.54, 1.807) is 13.2 Å². The Hall–Kier alpha value is 0.695. The lowest BCUT2D eigenvalue weighted by atomic mass is 10.3. The van der Waals surface area contributed by atoms with Gasteiger partial charge in [-0.25, -0.2) is 4.39 Å². The van der Waals surface area contributed by atoms with Gasteiger partial charge in [-0.1, -0.05) is 16.1 Å². The summed E-state index contributed by atoms with van der Waals surface area (Å²) in [5.74, 6) is 0.0766. The standard InChI is InChI=1S/C7H11FO.2Al.4H/c1-7(8)5-3-4-6-9-2;;;;;;/h3,5H,1,4,6H2,2H3;;;;;;/b7-5-;;;;;;. The second kappa shape index (κ2) is 7.35. The molecule has 62 valence electrons. The molecule has 1 atom stereocenters. The Morgan fingerprint density at radius 1 is 1.73 bits per heavy atom. The van der Waals surface area contributed by atoms with Crippen LogP contribution in [0.15, 0.2) is 11.9 Å². The largest absolute Gasteiger partial charge is 0.385 e. The highest BCUT2D eigenvalue weighted by atomic mass is 27.1. The molecule has 0 spiro atoms. The molecule has 0 bridgehead atoms. The summed E-state index contributed by atoms with van der Waals surface area (Å²) in [7, 11) is 1.68. The Labute approximate surface area is 83.8 Å². The molecule has 0 N–H and O–H groups in total. The lowest BCUT2D eigenvalue weighted by molar-refractivity contribution is 0.196. The van der Waals surface area contributed by atoms with Crippen molar-refractivity contribution in [2.24, 2.45) is 0 Å². The normalized spacial score (nSPS) is 14.9. The van der Waals surface area contributed by atoms with Gasteiger partial charge in [-0.3, -0.25) is 0 Å². The molecule has 0 radical (unpaired) electrons. The molecule has 1 nitrogen and oxygen atoms in total. The molecule has 4 heteroatoms. The average Bonchev–Trinajstić information content (AvgIpc) is 2.00. The van der Waals surface area contributed by atoms with Gasteiger partial charge in [-0.15, -0.1) is 0 Å². The summed E-state index contributed by atoms with van der Waals surface area (Å²) in [6.45, 7) is 0.749. The van der Waals surface area contributed by atoms with Gasteiger partial charge in [0.2, 0.25) is 32.6 Å². The van der Waals surface area contributed by atoms with Crippen LogP contribution in [-0.2, 0) is 4.74 Å². The number of allylic oxidation sites excluding steroid dienone is 2. The number of rotatable bonds is 5. The predicted molar refractivity (Wildman–Crippen MR) is 51.3 cm³/mol. The minimum Gasteiger partial charge on any atom is -0.385 e. The molecule has 0 saturated carbocycles. The van der Waals surface area contributed by atoms with E-state index < -0.39 is 0 Å². The summed E-state index contributed by atoms with van der Waals surface area (Å²) < 4.78 is 18.0. The van der Waals surface area contributed by atoms with Crippen molar-refractivity contribution < 1.29 is 9.13 Å². The molecule has 1 unspecified atom stereocenters. The van der Waals surface area contributed by atoms with E-state index in [9.17, 15) is 4.39 Å². The van der Waals surface area contributed by atoms with Gasteiger partial charge in [0.1, 0.15) is 0 Å². The third kappa shape index (κ3) is 7.07. The highest BCUT2D eigenvalue weighted by molar-refractivity contribution is 6.13. The van der Waals surface area contributed by atoms with E-state index in [1.165, 1.54) is 0 Å². The molecule has 11 heavy (non-hydrogen) atoms. The summed E-state index contributed by atoms with van der Waals surface area (Å²) in [6, 6.07) is 0. The zero-order valence-electron chi connectivity index (χ0n) is 7.56. The van der Waals surface area contributed by atoms with Crippen molar-refractivity contribution in [1.82, 2.24) is 0 Å². The third-order valence-corrected chi connectivity index (χ3v) is 3.17. The first kappa shape index (κ1) is 11.7. The predicted octanol–water partition coefficient (Wildman–Crippen LogP) is 0.349. The minimum absolute atomic E-state index is 0.0766. The molecule has 0 aromatic rings. The van der Waals surface area contributed by atoms with E-state index in [0.717, 1.165) is 45.6 Å². The first-order chi connectivity index (χ1) is 5.20. The van der Waals surface area contributed by atoms with Crippen LogP contribution in [0.25, 0.3) is 0 Å². The van der Waals surface area contributed by atoms with Gasteiger partial charge < -0.3 is 4.74 Å². The Morgan fingerprint density at radius 3 is 2.82 bits per heavy atom. The molecule has 0 amide bonds. The van der Waals surface area contributed by atoms with Gasteiger partial charge in [0.15, 0.2) is 0 Å². The van der Waals surface area contributed by atoms with Crippen molar-refractivity contribution in [1.29, 1.82) is 0 Å². The van der Waals surface area contributed by atoms with Gasteiger partial charge in [0.05, 0.1) is 5.83 Å². The van der Waals surface area contributed by atoms with Crippen LogP contribution >= 0.6 is 0 Å². The Bertz CT molecular complexity index is 128. The van der Waals surface area contributed by atoms with Crippen molar-refractivity contribution in [3.63, 3.8) is 0 Å². The van der Waals surface area contributed by atoms with Gasteiger partial charge in [0.25, 0.3) is 0 Å². The molecular formula is C7H15Al2FO. The highest BCUT2D eigenvalue weighted by Crippen LogP contribution is 2.12. The van der Waals surface area contributed by atoms with E-state index in [-0.39, 0.29) is 5.83 Å². The zero-order valence-corrected chi connectivity index (χ0v) is 11.6. The number of hydrogen-bond acceptors (Lipinski definition) is 1. The zero-order chi connectivity index (χ0) is 8.69. The minimum atomic E-state index is 0.0766. The van der Waals surface area contributed by atoms with Crippen molar-refractivity contribution in [3.8, 4) is 0 Å². The molecule has 0 heterocycles. The smallest absolute Gasteiger partial charge is 0.222 e. The van der Waals surface area contributed by atoms with Crippen LogP contribution < -0.4 is 0 Å². The van der Waals surface area contributed by atoms with E-state index in [2.05, 4.69) is 0 Å². The molecule has 0 aliphatic carbocycles. The fraction of sp³-hybridized carbons (Fsp3) is 0.714. The molecule has 0 aromatic heterocycles. The van der Waals surface area contributed by atoms with Crippen molar-refractivity contribution >= 4 is 32.6 Å². The molecule has 0 fully saturated rings. The summed E-state index contributed by atoms with van der Waals surface area (Å²) in [6.07, 6.45) is 2.73.